The predicted octanol–water partition coefficient (Wildman–Crippen LogP) is 2.50. The maximum Gasteiger partial charge on any atom is 0.125 e. The lowest BCUT2D eigenvalue weighted by atomic mass is 10.2. The van der Waals surface area contributed by atoms with Gasteiger partial charge in [-0.25, -0.2) is 4.98 Å². The summed E-state index contributed by atoms with van der Waals surface area (Å²) in [7, 11) is 0. The van der Waals surface area contributed by atoms with Crippen LogP contribution in [0.3, 0.4) is 0 Å². The highest BCUT2D eigenvalue weighted by Gasteiger charge is 2.27. The van der Waals surface area contributed by atoms with Gasteiger partial charge in [-0.15, -0.1) is 0 Å². The van der Waals surface area contributed by atoms with E-state index in [1.807, 2.05) is 6.20 Å². The fourth-order valence-corrected chi connectivity index (χ4v) is 1.98. The second kappa shape index (κ2) is 5.30. The molecule has 1 saturated carbocycles. The van der Waals surface area contributed by atoms with E-state index in [0.29, 0.717) is 0 Å². The van der Waals surface area contributed by atoms with Crippen LogP contribution in [-0.2, 0) is 6.54 Å². The molecular formula is C13H21N3. The molecule has 0 aliphatic heterocycles. The fourth-order valence-electron chi connectivity index (χ4n) is 1.98. The number of hydrogen-bond acceptors (Lipinski definition) is 3. The summed E-state index contributed by atoms with van der Waals surface area (Å²) in [6, 6.07) is 5.08. The monoisotopic (exact) mass is 219 g/mol. The third kappa shape index (κ3) is 2.95. The highest BCUT2D eigenvalue weighted by Crippen LogP contribution is 2.27. The maximum absolute atomic E-state index is 4.40. The summed E-state index contributed by atoms with van der Waals surface area (Å²) in [5.74, 6) is 0.973. The van der Waals surface area contributed by atoms with E-state index in [1.165, 1.54) is 18.4 Å². The van der Waals surface area contributed by atoms with Crippen LogP contribution in [0.1, 0.15) is 32.3 Å². The molecule has 1 aromatic rings. The number of pyridine rings is 1. The molecule has 1 aliphatic carbocycles. The van der Waals surface area contributed by atoms with Crippen LogP contribution in [0.2, 0.25) is 0 Å². The zero-order chi connectivity index (χ0) is 11.4. The summed E-state index contributed by atoms with van der Waals surface area (Å²) < 4.78 is 0. The molecular weight excluding hydrogens is 198 g/mol. The maximum atomic E-state index is 4.40. The summed E-state index contributed by atoms with van der Waals surface area (Å²) in [4.78, 5) is 6.93. The Labute approximate surface area is 97.9 Å². The van der Waals surface area contributed by atoms with Gasteiger partial charge < -0.3 is 5.32 Å². The molecule has 1 N–H and O–H groups in total. The van der Waals surface area contributed by atoms with Gasteiger partial charge in [0, 0.05) is 25.3 Å². The number of aromatic nitrogens is 1. The van der Waals surface area contributed by atoms with Crippen molar-refractivity contribution in [1.82, 2.24) is 9.88 Å². The van der Waals surface area contributed by atoms with Gasteiger partial charge in [-0.3, -0.25) is 4.90 Å². The topological polar surface area (TPSA) is 28.2 Å². The van der Waals surface area contributed by atoms with E-state index in [9.17, 15) is 0 Å². The normalized spacial score (nSPS) is 15.4. The number of rotatable bonds is 6. The minimum atomic E-state index is 0.832. The molecule has 0 amide bonds. The highest BCUT2D eigenvalue weighted by atomic mass is 15.2. The van der Waals surface area contributed by atoms with Crippen molar-refractivity contribution in [3.8, 4) is 0 Å². The van der Waals surface area contributed by atoms with Gasteiger partial charge in [0.05, 0.1) is 0 Å². The van der Waals surface area contributed by atoms with Crippen LogP contribution in [0.25, 0.3) is 0 Å². The van der Waals surface area contributed by atoms with Crippen molar-refractivity contribution in [2.24, 2.45) is 0 Å². The Morgan fingerprint density at radius 1 is 1.38 bits per heavy atom. The number of nitrogens with one attached hydrogen (secondary N) is 1. The van der Waals surface area contributed by atoms with Gasteiger partial charge in [0.25, 0.3) is 0 Å². The van der Waals surface area contributed by atoms with Crippen molar-refractivity contribution in [2.75, 3.05) is 18.4 Å². The predicted molar refractivity (Wildman–Crippen MR) is 67.5 cm³/mol. The SMILES string of the molecule is CCNc1ccc(CN(CC)C2CC2)cn1. The first-order valence-corrected chi connectivity index (χ1v) is 6.26. The summed E-state index contributed by atoms with van der Waals surface area (Å²) in [6.45, 7) is 7.43. The molecule has 0 saturated heterocycles. The molecule has 88 valence electrons. The molecule has 3 heteroatoms. The average molecular weight is 219 g/mol. The van der Waals surface area contributed by atoms with Gasteiger partial charge in [0.2, 0.25) is 0 Å². The lowest BCUT2D eigenvalue weighted by Crippen LogP contribution is -2.25. The summed E-state index contributed by atoms with van der Waals surface area (Å²) in [6.07, 6.45) is 4.73. The Balaban J connectivity index is 1.92. The van der Waals surface area contributed by atoms with Crippen LogP contribution in [0.15, 0.2) is 18.3 Å². The quantitative estimate of drug-likeness (QED) is 0.796. The first-order valence-electron chi connectivity index (χ1n) is 6.26. The molecule has 3 nitrogen and oxygen atoms in total. The van der Waals surface area contributed by atoms with E-state index in [2.05, 4.69) is 41.2 Å². The van der Waals surface area contributed by atoms with Gasteiger partial charge in [-0.1, -0.05) is 13.0 Å². The zero-order valence-electron chi connectivity index (χ0n) is 10.2. The first kappa shape index (κ1) is 11.4. The molecule has 1 aliphatic rings. The molecule has 0 radical (unpaired) electrons. The van der Waals surface area contributed by atoms with E-state index >= 15 is 0 Å². The van der Waals surface area contributed by atoms with Crippen LogP contribution in [0.4, 0.5) is 5.82 Å². The number of hydrogen-bond donors (Lipinski definition) is 1. The van der Waals surface area contributed by atoms with Gasteiger partial charge in [-0.2, -0.15) is 0 Å². The molecule has 16 heavy (non-hydrogen) atoms. The molecule has 0 unspecified atom stereocenters. The van der Waals surface area contributed by atoms with E-state index in [0.717, 1.165) is 31.5 Å². The van der Waals surface area contributed by atoms with Gasteiger partial charge >= 0.3 is 0 Å². The Morgan fingerprint density at radius 2 is 2.19 bits per heavy atom. The van der Waals surface area contributed by atoms with E-state index in [1.54, 1.807) is 0 Å². The molecule has 0 bridgehead atoms. The fraction of sp³-hybridized carbons (Fsp3) is 0.615. The second-order valence-electron chi connectivity index (χ2n) is 4.38. The largest absolute Gasteiger partial charge is 0.370 e. The third-order valence-electron chi connectivity index (χ3n) is 3.04. The molecule has 1 aromatic heterocycles. The highest BCUT2D eigenvalue weighted by molar-refractivity contribution is 5.35. The second-order valence-corrected chi connectivity index (χ2v) is 4.38. The number of anilines is 1. The summed E-state index contributed by atoms with van der Waals surface area (Å²) in [5, 5.41) is 3.21. The van der Waals surface area contributed by atoms with Gasteiger partial charge in [-0.05, 0) is 37.9 Å². The van der Waals surface area contributed by atoms with E-state index < -0.39 is 0 Å². The Kier molecular flexibility index (Phi) is 3.78. The molecule has 1 heterocycles. The van der Waals surface area contributed by atoms with E-state index in [4.69, 9.17) is 0 Å². The number of nitrogens with zero attached hydrogens (tertiary/aromatic N) is 2. The first-order chi connectivity index (χ1) is 7.83. The molecule has 2 rings (SSSR count). The average Bonchev–Trinajstić information content (AvgIpc) is 3.12. The zero-order valence-corrected chi connectivity index (χ0v) is 10.2. The molecule has 0 spiro atoms. The Hall–Kier alpha value is -1.09. The van der Waals surface area contributed by atoms with Crippen LogP contribution < -0.4 is 5.32 Å². The minimum absolute atomic E-state index is 0.832. The minimum Gasteiger partial charge on any atom is -0.370 e. The van der Waals surface area contributed by atoms with Crippen molar-refractivity contribution in [3.63, 3.8) is 0 Å². The Bertz CT molecular complexity index is 316. The smallest absolute Gasteiger partial charge is 0.125 e. The molecule has 0 aromatic carbocycles. The van der Waals surface area contributed by atoms with Crippen LogP contribution >= 0.6 is 0 Å². The standard InChI is InChI=1S/C13H21N3/c1-3-14-13-8-5-11(9-15-13)10-16(4-2)12-6-7-12/h5,8-9,12H,3-4,6-7,10H2,1-2H3,(H,14,15). The van der Waals surface area contributed by atoms with Crippen molar-refractivity contribution in [2.45, 2.75) is 39.3 Å². The summed E-state index contributed by atoms with van der Waals surface area (Å²) >= 11 is 0. The van der Waals surface area contributed by atoms with E-state index in [-0.39, 0.29) is 0 Å². The van der Waals surface area contributed by atoms with Gasteiger partial charge in [0.1, 0.15) is 5.82 Å². The van der Waals surface area contributed by atoms with Crippen LogP contribution in [0.5, 0.6) is 0 Å². The lowest BCUT2D eigenvalue weighted by Gasteiger charge is -2.19. The van der Waals surface area contributed by atoms with Crippen molar-refractivity contribution >= 4 is 5.82 Å². The Morgan fingerprint density at radius 3 is 2.69 bits per heavy atom. The third-order valence-corrected chi connectivity index (χ3v) is 3.04. The summed E-state index contributed by atoms with van der Waals surface area (Å²) in [5.41, 5.74) is 1.32. The van der Waals surface area contributed by atoms with Crippen molar-refractivity contribution < 1.29 is 0 Å². The molecule has 1 fully saturated rings. The van der Waals surface area contributed by atoms with Gasteiger partial charge in [0.15, 0.2) is 0 Å². The van der Waals surface area contributed by atoms with Crippen molar-refractivity contribution in [1.29, 1.82) is 0 Å². The lowest BCUT2D eigenvalue weighted by molar-refractivity contribution is 0.269. The van der Waals surface area contributed by atoms with Crippen LogP contribution in [-0.4, -0.2) is 29.0 Å². The van der Waals surface area contributed by atoms with Crippen LogP contribution in [0, 0.1) is 0 Å². The molecule has 0 atom stereocenters. The van der Waals surface area contributed by atoms with Crippen molar-refractivity contribution in [3.05, 3.63) is 23.9 Å².